The number of allylic oxidation sites excluding steroid dienone is 1. The molecule has 1 aliphatic rings. The molecule has 4 heteroatoms. The van der Waals surface area contributed by atoms with E-state index in [9.17, 15) is 9.59 Å². The smallest absolute Gasteiger partial charge is 0.308 e. The van der Waals surface area contributed by atoms with E-state index in [1.54, 1.807) is 24.3 Å². The van der Waals surface area contributed by atoms with Crippen LogP contribution >= 0.6 is 0 Å². The number of esters is 1. The molecule has 0 N–H and O–H groups in total. The summed E-state index contributed by atoms with van der Waals surface area (Å²) in [6.07, 6.45) is 2.08. The molecule has 1 aromatic rings. The molecule has 1 heterocycles. The van der Waals surface area contributed by atoms with E-state index in [1.807, 2.05) is 13.0 Å². The van der Waals surface area contributed by atoms with E-state index in [1.165, 1.54) is 6.92 Å². The van der Waals surface area contributed by atoms with Crippen LogP contribution in [0.3, 0.4) is 0 Å². The van der Waals surface area contributed by atoms with Crippen molar-refractivity contribution in [2.45, 2.75) is 20.3 Å². The minimum atomic E-state index is -0.370. The molecule has 0 radical (unpaired) electrons. The van der Waals surface area contributed by atoms with Gasteiger partial charge in [0, 0.05) is 12.6 Å². The number of ether oxygens (including phenoxy) is 1. The molecule has 0 aromatic heterocycles. The van der Waals surface area contributed by atoms with Crippen molar-refractivity contribution in [1.82, 2.24) is 0 Å². The van der Waals surface area contributed by atoms with E-state index in [4.69, 9.17) is 4.74 Å². The van der Waals surface area contributed by atoms with E-state index < -0.39 is 0 Å². The summed E-state index contributed by atoms with van der Waals surface area (Å²) in [4.78, 5) is 26.6. The van der Waals surface area contributed by atoms with Crippen LogP contribution in [-0.4, -0.2) is 17.5 Å². The fourth-order valence-corrected chi connectivity index (χ4v) is 1.73. The first-order valence-electron chi connectivity index (χ1n) is 5.62. The highest BCUT2D eigenvalue weighted by atomic mass is 16.5. The number of ketones is 1. The van der Waals surface area contributed by atoms with Crippen LogP contribution in [0.15, 0.2) is 35.0 Å². The zero-order valence-corrected chi connectivity index (χ0v) is 10.3. The molecule has 0 amide bonds. The molecule has 0 fully saturated rings. The van der Waals surface area contributed by atoms with Crippen molar-refractivity contribution in [3.63, 3.8) is 0 Å². The largest absolute Gasteiger partial charge is 0.427 e. The summed E-state index contributed by atoms with van der Waals surface area (Å²) < 4.78 is 4.98. The van der Waals surface area contributed by atoms with E-state index in [-0.39, 0.29) is 11.8 Å². The third-order valence-corrected chi connectivity index (χ3v) is 2.44. The Morgan fingerprint density at radius 2 is 2.22 bits per heavy atom. The van der Waals surface area contributed by atoms with Gasteiger partial charge in [-0.3, -0.25) is 14.6 Å². The lowest BCUT2D eigenvalue weighted by Crippen LogP contribution is -2.01. The Balaban J connectivity index is 2.27. The van der Waals surface area contributed by atoms with Gasteiger partial charge >= 0.3 is 5.97 Å². The lowest BCUT2D eigenvalue weighted by atomic mass is 10.1. The zero-order chi connectivity index (χ0) is 13.1. The maximum absolute atomic E-state index is 11.6. The average molecular weight is 243 g/mol. The second-order valence-electron chi connectivity index (χ2n) is 4.14. The number of nitrogens with zero attached hydrogens (tertiary/aromatic N) is 1. The first kappa shape index (κ1) is 12.2. The molecule has 0 unspecified atom stereocenters. The highest BCUT2D eigenvalue weighted by Crippen LogP contribution is 2.20. The molecule has 2 rings (SSSR count). The van der Waals surface area contributed by atoms with Gasteiger partial charge in [0.25, 0.3) is 0 Å². The molecule has 1 aromatic carbocycles. The summed E-state index contributed by atoms with van der Waals surface area (Å²) in [5.74, 6) is 0.110. The summed E-state index contributed by atoms with van der Waals surface area (Å²) >= 11 is 0. The van der Waals surface area contributed by atoms with E-state index >= 15 is 0 Å². The third kappa shape index (κ3) is 2.91. The number of rotatable bonds is 2. The monoisotopic (exact) mass is 243 g/mol. The predicted molar refractivity (Wildman–Crippen MR) is 68.5 cm³/mol. The van der Waals surface area contributed by atoms with Crippen LogP contribution in [0.2, 0.25) is 0 Å². The normalized spacial score (nSPS) is 16.9. The number of carbonyl (C=O) groups is 2. The van der Waals surface area contributed by atoms with Gasteiger partial charge in [0.15, 0.2) is 5.78 Å². The van der Waals surface area contributed by atoms with Crippen molar-refractivity contribution >= 4 is 23.5 Å². The van der Waals surface area contributed by atoms with E-state index in [0.29, 0.717) is 17.9 Å². The SMILES string of the molecule is CC(=O)Oc1cccc(/C=C2\N=C(C)CC2=O)c1. The van der Waals surface area contributed by atoms with Gasteiger partial charge < -0.3 is 4.74 Å². The molecule has 92 valence electrons. The van der Waals surface area contributed by atoms with Crippen LogP contribution in [0.5, 0.6) is 5.75 Å². The molecule has 0 saturated heterocycles. The number of hydrogen-bond donors (Lipinski definition) is 0. The van der Waals surface area contributed by atoms with Crippen molar-refractivity contribution in [3.05, 3.63) is 35.5 Å². The molecule has 0 aliphatic carbocycles. The summed E-state index contributed by atoms with van der Waals surface area (Å²) in [6, 6.07) is 6.98. The van der Waals surface area contributed by atoms with Crippen molar-refractivity contribution in [2.24, 2.45) is 4.99 Å². The minimum Gasteiger partial charge on any atom is -0.427 e. The second-order valence-corrected chi connectivity index (χ2v) is 4.14. The molecule has 0 spiro atoms. The van der Waals surface area contributed by atoms with E-state index in [2.05, 4.69) is 4.99 Å². The average Bonchev–Trinajstić information content (AvgIpc) is 2.57. The maximum Gasteiger partial charge on any atom is 0.308 e. The van der Waals surface area contributed by atoms with Crippen LogP contribution in [0.25, 0.3) is 6.08 Å². The molecule has 18 heavy (non-hydrogen) atoms. The van der Waals surface area contributed by atoms with Crippen molar-refractivity contribution < 1.29 is 14.3 Å². The highest BCUT2D eigenvalue weighted by Gasteiger charge is 2.17. The molecule has 0 saturated carbocycles. The molecule has 4 nitrogen and oxygen atoms in total. The fraction of sp³-hybridized carbons (Fsp3) is 0.214. The lowest BCUT2D eigenvalue weighted by Gasteiger charge is -2.02. The summed E-state index contributed by atoms with van der Waals surface area (Å²) in [6.45, 7) is 3.17. The first-order valence-corrected chi connectivity index (χ1v) is 5.62. The number of hydrogen-bond acceptors (Lipinski definition) is 4. The molecule has 1 aliphatic heterocycles. The summed E-state index contributed by atoms with van der Waals surface area (Å²) in [5, 5.41) is 0. The first-order chi connectivity index (χ1) is 8.54. The van der Waals surface area contributed by atoms with Gasteiger partial charge in [0.05, 0.1) is 6.42 Å². The van der Waals surface area contributed by atoms with E-state index in [0.717, 1.165) is 11.3 Å². The van der Waals surface area contributed by atoms with Gasteiger partial charge in [-0.1, -0.05) is 12.1 Å². The fourth-order valence-electron chi connectivity index (χ4n) is 1.73. The quantitative estimate of drug-likeness (QED) is 0.455. The molecule has 0 bridgehead atoms. The van der Waals surface area contributed by atoms with Gasteiger partial charge in [-0.25, -0.2) is 0 Å². The van der Waals surface area contributed by atoms with Crippen molar-refractivity contribution in [3.8, 4) is 5.75 Å². The van der Waals surface area contributed by atoms with Crippen LogP contribution in [0.4, 0.5) is 0 Å². The molecular formula is C14H13NO3. The van der Waals surface area contributed by atoms with Gasteiger partial charge in [-0.15, -0.1) is 0 Å². The Morgan fingerprint density at radius 1 is 1.44 bits per heavy atom. The van der Waals surface area contributed by atoms with Gasteiger partial charge in [-0.2, -0.15) is 0 Å². The standard InChI is InChI=1S/C14H13NO3/c1-9-6-14(17)13(15-9)8-11-4-3-5-12(7-11)18-10(2)16/h3-5,7-8H,6H2,1-2H3/b13-8-. The Morgan fingerprint density at radius 3 is 2.83 bits per heavy atom. The highest BCUT2D eigenvalue weighted by molar-refractivity contribution is 6.16. The predicted octanol–water partition coefficient (Wildman–Crippen LogP) is 2.39. The number of benzene rings is 1. The topological polar surface area (TPSA) is 55.7 Å². The van der Waals surface area contributed by atoms with Crippen LogP contribution in [0.1, 0.15) is 25.8 Å². The molecule has 0 atom stereocenters. The Labute approximate surface area is 105 Å². The number of carbonyl (C=O) groups excluding carboxylic acids is 2. The maximum atomic E-state index is 11.6. The van der Waals surface area contributed by atoms with Crippen molar-refractivity contribution in [1.29, 1.82) is 0 Å². The lowest BCUT2D eigenvalue weighted by molar-refractivity contribution is -0.131. The Bertz CT molecular complexity index is 570. The van der Waals surface area contributed by atoms with Crippen molar-refractivity contribution in [2.75, 3.05) is 0 Å². The molecular weight excluding hydrogens is 230 g/mol. The third-order valence-electron chi connectivity index (χ3n) is 2.44. The summed E-state index contributed by atoms with van der Waals surface area (Å²) in [7, 11) is 0. The van der Waals surface area contributed by atoms with Crippen LogP contribution < -0.4 is 4.74 Å². The van der Waals surface area contributed by atoms with Crippen LogP contribution in [-0.2, 0) is 9.59 Å². The van der Waals surface area contributed by atoms with Gasteiger partial charge in [-0.05, 0) is 30.7 Å². The van der Waals surface area contributed by atoms with Gasteiger partial charge in [0.1, 0.15) is 11.4 Å². The van der Waals surface area contributed by atoms with Gasteiger partial charge in [0.2, 0.25) is 0 Å². The number of aliphatic imine (C=N–C) groups is 1. The minimum absolute atomic E-state index is 0.0189. The Kier molecular flexibility index (Phi) is 3.37. The summed E-state index contributed by atoms with van der Waals surface area (Å²) in [5.41, 5.74) is 2.06. The Hall–Kier alpha value is -2.23. The zero-order valence-electron chi connectivity index (χ0n) is 10.3. The second kappa shape index (κ2) is 4.96. The number of Topliss-reactive ketones (excluding diaryl/α,β-unsaturated/α-hetero) is 1. The van der Waals surface area contributed by atoms with Crippen LogP contribution in [0, 0.1) is 0 Å².